The highest BCUT2D eigenvalue weighted by atomic mass is 16.2. The summed E-state index contributed by atoms with van der Waals surface area (Å²) in [6.07, 6.45) is 6.40. The highest BCUT2D eigenvalue weighted by Gasteiger charge is 2.14. The van der Waals surface area contributed by atoms with E-state index in [2.05, 4.69) is 21.7 Å². The van der Waals surface area contributed by atoms with E-state index in [1.165, 1.54) is 21.9 Å². The summed E-state index contributed by atoms with van der Waals surface area (Å²) in [6, 6.07) is 11.3. The van der Waals surface area contributed by atoms with Crippen molar-refractivity contribution in [2.75, 3.05) is 10.6 Å². The largest absolute Gasteiger partial charge is 0.325 e. The molecular formula is C22H22N4O2. The number of rotatable bonds is 3. The summed E-state index contributed by atoms with van der Waals surface area (Å²) in [4.78, 5) is 29.2. The summed E-state index contributed by atoms with van der Waals surface area (Å²) in [5.41, 5.74) is 5.81. The normalized spacial score (nSPS) is 12.5. The first-order chi connectivity index (χ1) is 13.5. The average molecular weight is 374 g/mol. The van der Waals surface area contributed by atoms with Gasteiger partial charge in [0.05, 0.1) is 0 Å². The van der Waals surface area contributed by atoms with Crippen LogP contribution in [0.1, 0.15) is 28.7 Å². The molecule has 2 N–H and O–H groups in total. The first kappa shape index (κ1) is 18.0. The zero-order valence-electron chi connectivity index (χ0n) is 16.0. The Morgan fingerprint density at radius 2 is 1.75 bits per heavy atom. The molecule has 1 heterocycles. The van der Waals surface area contributed by atoms with Gasteiger partial charge in [0, 0.05) is 23.8 Å². The molecule has 28 heavy (non-hydrogen) atoms. The van der Waals surface area contributed by atoms with Gasteiger partial charge in [-0.15, -0.1) is 0 Å². The van der Waals surface area contributed by atoms with Crippen molar-refractivity contribution in [1.82, 2.24) is 9.55 Å². The van der Waals surface area contributed by atoms with Crippen LogP contribution >= 0.6 is 0 Å². The Morgan fingerprint density at radius 3 is 2.54 bits per heavy atom. The van der Waals surface area contributed by atoms with Crippen LogP contribution in [0.3, 0.4) is 0 Å². The first-order valence-corrected chi connectivity index (χ1v) is 9.36. The first-order valence-electron chi connectivity index (χ1n) is 9.36. The van der Waals surface area contributed by atoms with Crippen molar-refractivity contribution in [3.8, 4) is 5.69 Å². The molecule has 4 rings (SSSR count). The van der Waals surface area contributed by atoms with Crippen LogP contribution in [0, 0.1) is 13.8 Å². The number of hydrogen-bond acceptors (Lipinski definition) is 3. The number of nitrogens with one attached hydrogen (secondary N) is 2. The summed E-state index contributed by atoms with van der Waals surface area (Å²) in [5, 5.41) is 5.32. The third kappa shape index (κ3) is 3.67. The molecule has 0 saturated carbocycles. The Morgan fingerprint density at radius 1 is 1.00 bits per heavy atom. The van der Waals surface area contributed by atoms with Crippen LogP contribution in [-0.4, -0.2) is 15.6 Å². The number of anilines is 2. The lowest BCUT2D eigenvalue weighted by Crippen LogP contribution is -2.28. The van der Waals surface area contributed by atoms with Gasteiger partial charge >= 0.3 is 6.03 Å². The Hall–Kier alpha value is -3.41. The zero-order chi connectivity index (χ0) is 19.7. The van der Waals surface area contributed by atoms with Gasteiger partial charge in [0.25, 0.3) is 5.56 Å². The van der Waals surface area contributed by atoms with Crippen molar-refractivity contribution in [2.45, 2.75) is 33.1 Å². The standard InChI is InChI=1S/C22H22N4O2/c1-14-10-15(2)12-18(11-14)24-22(28)25-20-21(27)26(9-8-23-20)19-7-6-16-4-3-5-17(16)13-19/h6-13H,3-5H2,1-2H3,(H2,23,24,25,28). The average Bonchev–Trinajstić information content (AvgIpc) is 3.10. The minimum Gasteiger partial charge on any atom is -0.308 e. The maximum Gasteiger partial charge on any atom is 0.325 e. The number of carbonyl (C=O) groups excluding carboxylic acids is 1. The molecule has 0 fully saturated rings. The molecule has 0 radical (unpaired) electrons. The molecule has 1 aliphatic rings. The molecule has 6 nitrogen and oxygen atoms in total. The molecule has 0 atom stereocenters. The van der Waals surface area contributed by atoms with Crippen molar-refractivity contribution < 1.29 is 4.79 Å². The number of nitrogens with zero attached hydrogens (tertiary/aromatic N) is 2. The van der Waals surface area contributed by atoms with E-state index in [4.69, 9.17) is 0 Å². The van der Waals surface area contributed by atoms with Crippen molar-refractivity contribution in [3.63, 3.8) is 0 Å². The molecule has 1 aromatic heterocycles. The summed E-state index contributed by atoms with van der Waals surface area (Å²) < 4.78 is 1.51. The van der Waals surface area contributed by atoms with E-state index in [0.29, 0.717) is 5.69 Å². The van der Waals surface area contributed by atoms with Crippen LogP contribution in [0.2, 0.25) is 0 Å². The van der Waals surface area contributed by atoms with E-state index in [1.54, 1.807) is 6.20 Å². The van der Waals surface area contributed by atoms with Crippen molar-refractivity contribution >= 4 is 17.5 Å². The summed E-state index contributed by atoms with van der Waals surface area (Å²) in [6.45, 7) is 3.92. The van der Waals surface area contributed by atoms with E-state index in [9.17, 15) is 9.59 Å². The molecule has 6 heteroatoms. The second-order valence-electron chi connectivity index (χ2n) is 7.21. The lowest BCUT2D eigenvalue weighted by Gasteiger charge is -2.11. The maximum absolute atomic E-state index is 12.8. The van der Waals surface area contributed by atoms with Crippen LogP contribution in [0.25, 0.3) is 5.69 Å². The molecule has 0 saturated heterocycles. The summed E-state index contributed by atoms with van der Waals surface area (Å²) in [5.74, 6) is -0.00938. The van der Waals surface area contributed by atoms with Gasteiger partial charge < -0.3 is 5.32 Å². The predicted molar refractivity (Wildman–Crippen MR) is 110 cm³/mol. The number of urea groups is 1. The number of fused-ring (bicyclic) bond motifs is 1. The molecule has 2 aromatic carbocycles. The van der Waals surface area contributed by atoms with Crippen molar-refractivity contribution in [2.24, 2.45) is 0 Å². The molecule has 142 valence electrons. The van der Waals surface area contributed by atoms with Crippen LogP contribution in [-0.2, 0) is 12.8 Å². The van der Waals surface area contributed by atoms with Crippen LogP contribution < -0.4 is 16.2 Å². The van der Waals surface area contributed by atoms with Gasteiger partial charge in [0.1, 0.15) is 0 Å². The summed E-state index contributed by atoms with van der Waals surface area (Å²) >= 11 is 0. The number of aromatic nitrogens is 2. The lowest BCUT2D eigenvalue weighted by atomic mass is 10.1. The topological polar surface area (TPSA) is 76.0 Å². The van der Waals surface area contributed by atoms with Gasteiger partial charge in [0.15, 0.2) is 0 Å². The molecule has 0 bridgehead atoms. The quantitative estimate of drug-likeness (QED) is 0.728. The minimum absolute atomic E-state index is 0.00938. The van der Waals surface area contributed by atoms with Gasteiger partial charge in [-0.05, 0) is 79.6 Å². The monoisotopic (exact) mass is 374 g/mol. The minimum atomic E-state index is -0.499. The predicted octanol–water partition coefficient (Wildman–Crippen LogP) is 3.98. The van der Waals surface area contributed by atoms with E-state index >= 15 is 0 Å². The number of hydrogen-bond donors (Lipinski definition) is 2. The fraction of sp³-hybridized carbons (Fsp3) is 0.227. The van der Waals surface area contributed by atoms with E-state index in [1.807, 2.05) is 44.2 Å². The molecule has 3 aromatic rings. The van der Waals surface area contributed by atoms with E-state index < -0.39 is 6.03 Å². The second-order valence-corrected chi connectivity index (χ2v) is 7.21. The van der Waals surface area contributed by atoms with Crippen LogP contribution in [0.5, 0.6) is 0 Å². The Bertz CT molecular complexity index is 1100. The van der Waals surface area contributed by atoms with Gasteiger partial charge in [-0.25, -0.2) is 9.78 Å². The van der Waals surface area contributed by atoms with Crippen molar-refractivity contribution in [1.29, 1.82) is 0 Å². The third-order valence-corrected chi connectivity index (χ3v) is 4.91. The van der Waals surface area contributed by atoms with Gasteiger partial charge in [-0.1, -0.05) is 12.1 Å². The lowest BCUT2D eigenvalue weighted by molar-refractivity contribution is 0.262. The molecule has 0 aliphatic heterocycles. The molecule has 1 aliphatic carbocycles. The molecular weight excluding hydrogens is 352 g/mol. The number of benzene rings is 2. The van der Waals surface area contributed by atoms with E-state index in [0.717, 1.165) is 36.1 Å². The Kier molecular flexibility index (Phi) is 4.69. The third-order valence-electron chi connectivity index (χ3n) is 4.91. The molecule has 2 amide bonds. The van der Waals surface area contributed by atoms with E-state index in [-0.39, 0.29) is 11.4 Å². The maximum atomic E-state index is 12.8. The number of amides is 2. The molecule has 0 spiro atoms. The number of aryl methyl sites for hydroxylation is 4. The Labute approximate surface area is 163 Å². The van der Waals surface area contributed by atoms with Crippen molar-refractivity contribution in [3.05, 3.63) is 81.4 Å². The highest BCUT2D eigenvalue weighted by Crippen LogP contribution is 2.24. The fourth-order valence-electron chi connectivity index (χ4n) is 3.73. The zero-order valence-corrected chi connectivity index (χ0v) is 16.0. The van der Waals surface area contributed by atoms with Gasteiger partial charge in [-0.3, -0.25) is 14.7 Å². The Balaban J connectivity index is 1.57. The molecule has 0 unspecified atom stereocenters. The van der Waals surface area contributed by atoms with Gasteiger partial charge in [-0.2, -0.15) is 0 Å². The fourth-order valence-corrected chi connectivity index (χ4v) is 3.73. The highest BCUT2D eigenvalue weighted by molar-refractivity contribution is 5.99. The summed E-state index contributed by atoms with van der Waals surface area (Å²) in [7, 11) is 0. The number of carbonyl (C=O) groups is 1. The van der Waals surface area contributed by atoms with Gasteiger partial charge in [0.2, 0.25) is 5.82 Å². The smallest absolute Gasteiger partial charge is 0.308 e. The van der Waals surface area contributed by atoms with Crippen LogP contribution in [0.15, 0.2) is 53.6 Å². The SMILES string of the molecule is Cc1cc(C)cc(NC(=O)Nc2nccn(-c3ccc4c(c3)CCC4)c2=O)c1. The second kappa shape index (κ2) is 7.31. The van der Waals surface area contributed by atoms with Crippen LogP contribution in [0.4, 0.5) is 16.3 Å².